The van der Waals surface area contributed by atoms with Crippen LogP contribution in [0.1, 0.15) is 18.1 Å². The highest BCUT2D eigenvalue weighted by molar-refractivity contribution is 6.05. The number of carbonyl (C=O) groups is 1. The molecule has 0 bridgehead atoms. The lowest BCUT2D eigenvalue weighted by molar-refractivity contribution is -0.127. The lowest BCUT2D eigenvalue weighted by atomic mass is 9.89. The number of rotatable bonds is 3. The second-order valence-electron chi connectivity index (χ2n) is 5.19. The number of allylic oxidation sites excluding steroid dienone is 2. The first-order valence-corrected chi connectivity index (χ1v) is 6.80. The Morgan fingerprint density at radius 1 is 1.48 bits per heavy atom. The van der Waals surface area contributed by atoms with Gasteiger partial charge in [-0.3, -0.25) is 4.79 Å². The Hall–Kier alpha value is -2.58. The van der Waals surface area contributed by atoms with Gasteiger partial charge in [-0.1, -0.05) is 30.4 Å². The zero-order valence-electron chi connectivity index (χ0n) is 11.5. The average Bonchev–Trinajstić information content (AvgIpc) is 3.15. The molecule has 0 radical (unpaired) electrons. The van der Waals surface area contributed by atoms with Gasteiger partial charge in [0.25, 0.3) is 5.91 Å². The predicted molar refractivity (Wildman–Crippen MR) is 78.2 cm³/mol. The fourth-order valence-corrected chi connectivity index (χ4v) is 2.93. The summed E-state index contributed by atoms with van der Waals surface area (Å²) in [5, 5.41) is 0. The van der Waals surface area contributed by atoms with Gasteiger partial charge < -0.3 is 9.32 Å². The summed E-state index contributed by atoms with van der Waals surface area (Å²) >= 11 is 0. The number of nitrogens with zero attached hydrogens (tertiary/aromatic N) is 1. The van der Waals surface area contributed by atoms with Crippen LogP contribution in [0.15, 0.2) is 65.3 Å². The summed E-state index contributed by atoms with van der Waals surface area (Å²) < 4.78 is 5.36. The highest BCUT2D eigenvalue weighted by atomic mass is 16.3. The third-order valence-electron chi connectivity index (χ3n) is 4.12. The molecule has 2 aliphatic rings. The second kappa shape index (κ2) is 5.08. The molecule has 1 saturated heterocycles. The van der Waals surface area contributed by atoms with Crippen LogP contribution in [0.25, 0.3) is 0 Å². The predicted octanol–water partition coefficient (Wildman–Crippen LogP) is 2.40. The minimum absolute atomic E-state index is 0.120. The van der Waals surface area contributed by atoms with Crippen LogP contribution >= 0.6 is 0 Å². The molecule has 4 heteroatoms. The van der Waals surface area contributed by atoms with Gasteiger partial charge in [-0.15, -0.1) is 6.58 Å². The van der Waals surface area contributed by atoms with Gasteiger partial charge in [-0.05, 0) is 18.6 Å². The third-order valence-corrected chi connectivity index (χ3v) is 4.12. The maximum Gasteiger partial charge on any atom is 0.262 e. The monoisotopic (exact) mass is 281 g/mol. The number of hydrogen-bond donors (Lipinski definition) is 0. The van der Waals surface area contributed by atoms with Gasteiger partial charge in [0, 0.05) is 6.54 Å². The van der Waals surface area contributed by atoms with Crippen LogP contribution in [0.3, 0.4) is 0 Å². The van der Waals surface area contributed by atoms with Crippen LogP contribution in [0.2, 0.25) is 0 Å². The summed E-state index contributed by atoms with van der Waals surface area (Å²) in [6.45, 7) is 4.25. The Labute approximate surface area is 122 Å². The molecule has 1 aliphatic heterocycles. The SMILES string of the molecule is C=C[C@@]1(N2C[C@H](c3ccco3)C(=C=O)C2=O)C=CC=CC1. The highest BCUT2D eigenvalue weighted by Crippen LogP contribution is 2.39. The molecule has 1 amide bonds. The summed E-state index contributed by atoms with van der Waals surface area (Å²) in [5.41, 5.74) is -0.468. The lowest BCUT2D eigenvalue weighted by Gasteiger charge is -2.37. The molecule has 2 atom stereocenters. The van der Waals surface area contributed by atoms with Crippen molar-refractivity contribution < 1.29 is 14.0 Å². The molecule has 3 rings (SSSR count). The first-order chi connectivity index (χ1) is 10.2. The van der Waals surface area contributed by atoms with E-state index in [4.69, 9.17) is 4.42 Å². The summed E-state index contributed by atoms with van der Waals surface area (Å²) in [6.07, 6.45) is 11.7. The Bertz CT molecular complexity index is 677. The smallest absolute Gasteiger partial charge is 0.262 e. The summed E-state index contributed by atoms with van der Waals surface area (Å²) in [4.78, 5) is 25.5. The molecular formula is C17H15NO3. The second-order valence-corrected chi connectivity index (χ2v) is 5.19. The topological polar surface area (TPSA) is 50.5 Å². The van der Waals surface area contributed by atoms with Crippen molar-refractivity contribution in [2.24, 2.45) is 0 Å². The van der Waals surface area contributed by atoms with Crippen molar-refractivity contribution in [1.82, 2.24) is 4.90 Å². The molecule has 0 N–H and O–H groups in total. The molecule has 2 heterocycles. The molecule has 106 valence electrons. The largest absolute Gasteiger partial charge is 0.469 e. The van der Waals surface area contributed by atoms with E-state index in [-0.39, 0.29) is 17.4 Å². The Morgan fingerprint density at radius 3 is 2.90 bits per heavy atom. The van der Waals surface area contributed by atoms with Crippen molar-refractivity contribution in [3.63, 3.8) is 0 Å². The van der Waals surface area contributed by atoms with E-state index in [0.717, 1.165) is 0 Å². The van der Waals surface area contributed by atoms with Gasteiger partial charge in [-0.25, -0.2) is 4.79 Å². The lowest BCUT2D eigenvalue weighted by Crippen LogP contribution is -2.47. The quantitative estimate of drug-likeness (QED) is 0.485. The van der Waals surface area contributed by atoms with E-state index in [9.17, 15) is 9.59 Å². The number of furan rings is 1. The zero-order valence-corrected chi connectivity index (χ0v) is 11.5. The van der Waals surface area contributed by atoms with Crippen LogP contribution in [0.4, 0.5) is 0 Å². The minimum atomic E-state index is -0.588. The summed E-state index contributed by atoms with van der Waals surface area (Å²) in [5.74, 6) is 1.74. The van der Waals surface area contributed by atoms with E-state index in [1.807, 2.05) is 24.3 Å². The van der Waals surface area contributed by atoms with E-state index >= 15 is 0 Å². The standard InChI is InChI=1S/C17H15NO3/c1-2-17(8-4-3-5-9-17)18-11-13(14(12-19)16(18)20)15-7-6-10-21-15/h2-8,10,13H,1,9,11H2/t13-,17+/m0/s1. The van der Waals surface area contributed by atoms with Crippen molar-refractivity contribution in [3.8, 4) is 0 Å². The van der Waals surface area contributed by atoms with Crippen LogP contribution in [-0.2, 0) is 9.59 Å². The van der Waals surface area contributed by atoms with Gasteiger partial charge in [-0.2, -0.15) is 0 Å². The van der Waals surface area contributed by atoms with Gasteiger partial charge >= 0.3 is 0 Å². The molecule has 21 heavy (non-hydrogen) atoms. The zero-order chi connectivity index (χ0) is 14.9. The molecule has 4 nitrogen and oxygen atoms in total. The molecular weight excluding hydrogens is 266 g/mol. The Kier molecular flexibility index (Phi) is 3.24. The summed E-state index contributed by atoms with van der Waals surface area (Å²) in [7, 11) is 0. The first kappa shape index (κ1) is 13.4. The van der Waals surface area contributed by atoms with Gasteiger partial charge in [0.1, 0.15) is 17.3 Å². The summed E-state index contributed by atoms with van der Waals surface area (Å²) in [6, 6.07) is 3.52. The fourth-order valence-electron chi connectivity index (χ4n) is 2.93. The Morgan fingerprint density at radius 2 is 2.33 bits per heavy atom. The number of likely N-dealkylation sites (tertiary alicyclic amines) is 1. The van der Waals surface area contributed by atoms with Crippen LogP contribution in [0, 0.1) is 0 Å². The van der Waals surface area contributed by atoms with Crippen molar-refractivity contribution in [3.05, 3.63) is 66.7 Å². The maximum atomic E-state index is 12.6. The first-order valence-electron chi connectivity index (χ1n) is 6.80. The molecule has 1 aromatic heterocycles. The molecule has 0 unspecified atom stereocenters. The van der Waals surface area contributed by atoms with Crippen LogP contribution in [0.5, 0.6) is 0 Å². The number of hydrogen-bond acceptors (Lipinski definition) is 3. The van der Waals surface area contributed by atoms with Crippen LogP contribution < -0.4 is 0 Å². The number of amides is 1. The molecule has 0 spiro atoms. The fraction of sp³-hybridized carbons (Fsp3) is 0.235. The van der Waals surface area contributed by atoms with E-state index in [2.05, 4.69) is 6.58 Å². The van der Waals surface area contributed by atoms with Crippen LogP contribution in [-0.4, -0.2) is 28.8 Å². The van der Waals surface area contributed by atoms with Gasteiger partial charge in [0.05, 0.1) is 17.7 Å². The van der Waals surface area contributed by atoms with Crippen molar-refractivity contribution in [1.29, 1.82) is 0 Å². The minimum Gasteiger partial charge on any atom is -0.469 e. The molecule has 1 aliphatic carbocycles. The van der Waals surface area contributed by atoms with Crippen molar-refractivity contribution in [2.75, 3.05) is 6.54 Å². The number of carbonyl (C=O) groups excluding carboxylic acids is 2. The van der Waals surface area contributed by atoms with Crippen molar-refractivity contribution in [2.45, 2.75) is 17.9 Å². The van der Waals surface area contributed by atoms with Crippen molar-refractivity contribution >= 4 is 11.8 Å². The van der Waals surface area contributed by atoms with Gasteiger partial charge in [0.15, 0.2) is 0 Å². The normalized spacial score (nSPS) is 28.0. The molecule has 0 aromatic carbocycles. The average molecular weight is 281 g/mol. The third kappa shape index (κ3) is 2.01. The van der Waals surface area contributed by atoms with E-state index in [1.165, 1.54) is 6.26 Å². The molecule has 0 saturated carbocycles. The van der Waals surface area contributed by atoms with Gasteiger partial charge in [0.2, 0.25) is 0 Å². The van der Waals surface area contributed by atoms with E-state index < -0.39 is 5.54 Å². The maximum absolute atomic E-state index is 12.6. The molecule has 1 aromatic rings. The Balaban J connectivity index is 2.00. The molecule has 1 fully saturated rings. The highest BCUT2D eigenvalue weighted by Gasteiger charge is 2.46. The van der Waals surface area contributed by atoms with E-state index in [0.29, 0.717) is 18.7 Å². The van der Waals surface area contributed by atoms with E-state index in [1.54, 1.807) is 29.1 Å².